The Hall–Kier alpha value is -0.770. The number of carboxylic acids is 1. The molecule has 2 aliphatic rings. The van der Waals surface area contributed by atoms with Crippen LogP contribution in [0.3, 0.4) is 0 Å². The Morgan fingerprint density at radius 3 is 2.57 bits per heavy atom. The zero-order valence-electron chi connectivity index (χ0n) is 11.8. The number of aliphatic hydroxyl groups is 3. The summed E-state index contributed by atoms with van der Waals surface area (Å²) in [5.74, 6) is -1.15. The van der Waals surface area contributed by atoms with Crippen molar-refractivity contribution in [2.75, 3.05) is 6.61 Å². The normalized spacial score (nSPS) is 44.5. The third kappa shape index (κ3) is 4.35. The van der Waals surface area contributed by atoms with Crippen molar-refractivity contribution >= 4 is 5.97 Å². The number of ether oxygens (including phenoxy) is 3. The number of rotatable bonds is 4. The molecule has 7 atom stereocenters. The zero-order chi connectivity index (χ0) is 15.6. The first-order chi connectivity index (χ1) is 9.86. The predicted octanol–water partition coefficient (Wildman–Crippen LogP) is -1.15. The Balaban J connectivity index is 1.85. The van der Waals surface area contributed by atoms with Crippen LogP contribution in [0, 0.1) is 0 Å². The van der Waals surface area contributed by atoms with Gasteiger partial charge in [-0.05, 0) is 6.92 Å². The van der Waals surface area contributed by atoms with Gasteiger partial charge in [0, 0.05) is 19.3 Å². The Kier molecular flexibility index (Phi) is 5.53. The van der Waals surface area contributed by atoms with Gasteiger partial charge in [-0.3, -0.25) is 0 Å². The van der Waals surface area contributed by atoms with E-state index in [1.807, 2.05) is 0 Å². The van der Waals surface area contributed by atoms with Gasteiger partial charge in [0.25, 0.3) is 0 Å². The highest BCUT2D eigenvalue weighted by atomic mass is 16.7. The maximum atomic E-state index is 10.9. The van der Waals surface area contributed by atoms with E-state index in [1.165, 1.54) is 0 Å². The largest absolute Gasteiger partial charge is 0.479 e. The summed E-state index contributed by atoms with van der Waals surface area (Å²) in [6, 6.07) is 0. The number of carboxylic acid groups (broad SMARTS) is 1. The monoisotopic (exact) mass is 306 g/mol. The summed E-state index contributed by atoms with van der Waals surface area (Å²) in [4.78, 5) is 10.9. The molecule has 2 rings (SSSR count). The Morgan fingerprint density at radius 2 is 1.90 bits per heavy atom. The highest BCUT2D eigenvalue weighted by Crippen LogP contribution is 2.24. The molecule has 0 amide bonds. The van der Waals surface area contributed by atoms with Gasteiger partial charge < -0.3 is 34.6 Å². The quantitative estimate of drug-likeness (QED) is 0.513. The summed E-state index contributed by atoms with van der Waals surface area (Å²) >= 11 is 0. The SMILES string of the molecule is CC1CC(O)C(O)C(COC2CC(O)CC(C(=O)O)O2)O1. The molecule has 0 bridgehead atoms. The minimum absolute atomic E-state index is 0.0213. The van der Waals surface area contributed by atoms with Crippen molar-refractivity contribution in [3.05, 3.63) is 0 Å². The van der Waals surface area contributed by atoms with Gasteiger partial charge >= 0.3 is 5.97 Å². The molecular weight excluding hydrogens is 284 g/mol. The zero-order valence-corrected chi connectivity index (χ0v) is 11.8. The third-order valence-corrected chi connectivity index (χ3v) is 3.74. The first-order valence-corrected chi connectivity index (χ1v) is 7.06. The Labute approximate surface area is 122 Å². The van der Waals surface area contributed by atoms with Crippen LogP contribution in [0.15, 0.2) is 0 Å². The van der Waals surface area contributed by atoms with Crippen LogP contribution in [0.2, 0.25) is 0 Å². The fourth-order valence-electron chi connectivity index (χ4n) is 2.63. The molecule has 2 heterocycles. The molecule has 8 heteroatoms. The summed E-state index contributed by atoms with van der Waals surface area (Å²) in [7, 11) is 0. The molecule has 8 nitrogen and oxygen atoms in total. The first kappa shape index (κ1) is 16.6. The molecule has 0 aromatic heterocycles. The molecule has 2 aliphatic heterocycles. The van der Waals surface area contributed by atoms with Gasteiger partial charge in [-0.2, -0.15) is 0 Å². The Bertz CT molecular complexity index is 362. The lowest BCUT2D eigenvalue weighted by Crippen LogP contribution is -2.50. The molecule has 21 heavy (non-hydrogen) atoms. The molecule has 0 aliphatic carbocycles. The molecule has 122 valence electrons. The second-order valence-electron chi connectivity index (χ2n) is 5.63. The van der Waals surface area contributed by atoms with Gasteiger partial charge in [-0.1, -0.05) is 0 Å². The number of hydrogen-bond donors (Lipinski definition) is 4. The topological polar surface area (TPSA) is 126 Å². The smallest absolute Gasteiger partial charge is 0.333 e. The van der Waals surface area contributed by atoms with Crippen LogP contribution < -0.4 is 0 Å². The molecule has 4 N–H and O–H groups in total. The van der Waals surface area contributed by atoms with E-state index in [0.717, 1.165) is 0 Å². The molecule has 0 radical (unpaired) electrons. The molecule has 7 unspecified atom stereocenters. The molecule has 2 fully saturated rings. The molecule has 0 saturated carbocycles. The predicted molar refractivity (Wildman–Crippen MR) is 68.5 cm³/mol. The van der Waals surface area contributed by atoms with Crippen LogP contribution in [0.4, 0.5) is 0 Å². The average molecular weight is 306 g/mol. The van der Waals surface area contributed by atoms with Crippen LogP contribution in [-0.2, 0) is 19.0 Å². The van der Waals surface area contributed by atoms with Crippen molar-refractivity contribution in [2.24, 2.45) is 0 Å². The second-order valence-corrected chi connectivity index (χ2v) is 5.63. The lowest BCUT2D eigenvalue weighted by molar-refractivity contribution is -0.246. The van der Waals surface area contributed by atoms with Gasteiger partial charge in [0.2, 0.25) is 0 Å². The summed E-state index contributed by atoms with van der Waals surface area (Å²) in [6.07, 6.45) is -5.14. The van der Waals surface area contributed by atoms with Gasteiger partial charge in [0.1, 0.15) is 12.2 Å². The lowest BCUT2D eigenvalue weighted by atomic mass is 9.99. The van der Waals surface area contributed by atoms with Crippen LogP contribution in [-0.4, -0.2) is 75.9 Å². The van der Waals surface area contributed by atoms with Gasteiger partial charge in [0.05, 0.1) is 24.9 Å². The minimum Gasteiger partial charge on any atom is -0.479 e. The van der Waals surface area contributed by atoms with Gasteiger partial charge in [-0.25, -0.2) is 4.79 Å². The molecule has 0 aromatic carbocycles. The third-order valence-electron chi connectivity index (χ3n) is 3.74. The van der Waals surface area contributed by atoms with E-state index in [4.69, 9.17) is 19.3 Å². The minimum atomic E-state index is -1.15. The highest BCUT2D eigenvalue weighted by molar-refractivity contribution is 5.72. The van der Waals surface area contributed by atoms with Crippen molar-refractivity contribution < 1.29 is 39.4 Å². The van der Waals surface area contributed by atoms with Crippen molar-refractivity contribution in [3.8, 4) is 0 Å². The maximum absolute atomic E-state index is 10.9. The van der Waals surface area contributed by atoms with Crippen molar-refractivity contribution in [1.82, 2.24) is 0 Å². The number of aliphatic hydroxyl groups excluding tert-OH is 3. The van der Waals surface area contributed by atoms with Crippen LogP contribution in [0.25, 0.3) is 0 Å². The Morgan fingerprint density at radius 1 is 1.19 bits per heavy atom. The second kappa shape index (κ2) is 6.99. The van der Waals surface area contributed by atoms with Crippen LogP contribution in [0.1, 0.15) is 26.2 Å². The summed E-state index contributed by atoms with van der Waals surface area (Å²) in [6.45, 7) is 1.73. The average Bonchev–Trinajstić information content (AvgIpc) is 2.40. The number of hydrogen-bond acceptors (Lipinski definition) is 7. The van der Waals surface area contributed by atoms with Gasteiger partial charge in [-0.15, -0.1) is 0 Å². The fourth-order valence-corrected chi connectivity index (χ4v) is 2.63. The first-order valence-electron chi connectivity index (χ1n) is 7.06. The van der Waals surface area contributed by atoms with E-state index in [0.29, 0.717) is 6.42 Å². The number of carbonyl (C=O) groups is 1. The van der Waals surface area contributed by atoms with E-state index in [-0.39, 0.29) is 25.6 Å². The molecule has 0 spiro atoms. The van der Waals surface area contributed by atoms with Crippen molar-refractivity contribution in [2.45, 2.75) is 69.1 Å². The van der Waals surface area contributed by atoms with Crippen molar-refractivity contribution in [1.29, 1.82) is 0 Å². The van der Waals surface area contributed by atoms with Crippen LogP contribution in [0.5, 0.6) is 0 Å². The molecule has 2 saturated heterocycles. The summed E-state index contributed by atoms with van der Waals surface area (Å²) in [5.41, 5.74) is 0. The van der Waals surface area contributed by atoms with Crippen LogP contribution >= 0.6 is 0 Å². The van der Waals surface area contributed by atoms with E-state index in [1.54, 1.807) is 6.92 Å². The van der Waals surface area contributed by atoms with E-state index >= 15 is 0 Å². The molecule has 0 aromatic rings. The standard InChI is InChI=1S/C13H22O8/c1-6-2-8(15)12(16)10(20-6)5-19-11-4-7(14)3-9(21-11)13(17)18/h6-12,14-16H,2-5H2,1H3,(H,17,18). The van der Waals surface area contributed by atoms with E-state index < -0.39 is 42.8 Å². The summed E-state index contributed by atoms with van der Waals surface area (Å²) < 4.78 is 16.1. The number of aliphatic carboxylic acids is 1. The van der Waals surface area contributed by atoms with E-state index in [9.17, 15) is 20.1 Å². The maximum Gasteiger partial charge on any atom is 0.333 e. The van der Waals surface area contributed by atoms with Crippen molar-refractivity contribution in [3.63, 3.8) is 0 Å². The summed E-state index contributed by atoms with van der Waals surface area (Å²) in [5, 5.41) is 38.1. The van der Waals surface area contributed by atoms with Gasteiger partial charge in [0.15, 0.2) is 12.4 Å². The fraction of sp³-hybridized carbons (Fsp3) is 0.923. The highest BCUT2D eigenvalue weighted by Gasteiger charge is 2.37. The van der Waals surface area contributed by atoms with E-state index in [2.05, 4.69) is 0 Å². The molecular formula is C13H22O8. The lowest BCUT2D eigenvalue weighted by Gasteiger charge is -2.37.